The van der Waals surface area contributed by atoms with E-state index in [0.29, 0.717) is 0 Å². The fourth-order valence-electron chi connectivity index (χ4n) is 1.06. The van der Waals surface area contributed by atoms with Crippen LogP contribution in [0.2, 0.25) is 0 Å². The first-order valence-corrected chi connectivity index (χ1v) is 6.74. The van der Waals surface area contributed by atoms with Crippen molar-refractivity contribution in [1.82, 2.24) is 9.03 Å². The molecule has 1 unspecified atom stereocenters. The third-order valence-corrected chi connectivity index (χ3v) is 3.19. The van der Waals surface area contributed by atoms with Crippen molar-refractivity contribution in [2.75, 3.05) is 27.3 Å². The molecule has 0 rings (SSSR count). The van der Waals surface area contributed by atoms with Crippen LogP contribution in [-0.4, -0.2) is 63.4 Å². The van der Waals surface area contributed by atoms with Crippen LogP contribution in [0.15, 0.2) is 0 Å². The third kappa shape index (κ3) is 6.74. The number of aliphatic hydroxyl groups is 1. The minimum absolute atomic E-state index is 0.00367. The SMILES string of the molecule is COCC(O)CN(C)S(=O)(=O)NC(=O)OC(C)C. The minimum atomic E-state index is -4.03. The summed E-state index contributed by atoms with van der Waals surface area (Å²) in [6, 6.07) is 0. The largest absolute Gasteiger partial charge is 0.446 e. The number of likely N-dealkylation sites (N-methyl/N-ethyl adjacent to an activating group) is 1. The van der Waals surface area contributed by atoms with E-state index in [1.165, 1.54) is 14.2 Å². The summed E-state index contributed by atoms with van der Waals surface area (Å²) < 4.78 is 35.1. The van der Waals surface area contributed by atoms with E-state index in [-0.39, 0.29) is 13.2 Å². The molecule has 8 nitrogen and oxygen atoms in total. The highest BCUT2D eigenvalue weighted by atomic mass is 32.2. The van der Waals surface area contributed by atoms with Crippen LogP contribution < -0.4 is 4.72 Å². The van der Waals surface area contributed by atoms with Crippen LogP contribution in [0.4, 0.5) is 4.79 Å². The number of carbonyl (C=O) groups excluding carboxylic acids is 1. The Morgan fingerprint density at radius 2 is 2.00 bits per heavy atom. The van der Waals surface area contributed by atoms with E-state index < -0.39 is 28.5 Å². The Hall–Kier alpha value is -0.900. The molecule has 0 saturated heterocycles. The van der Waals surface area contributed by atoms with Gasteiger partial charge in [-0.05, 0) is 13.8 Å². The molecule has 0 saturated carbocycles. The number of ether oxygens (including phenoxy) is 2. The highest BCUT2D eigenvalue weighted by Crippen LogP contribution is 1.99. The molecule has 0 aromatic carbocycles. The van der Waals surface area contributed by atoms with Gasteiger partial charge in [-0.25, -0.2) is 9.52 Å². The Balaban J connectivity index is 4.40. The molecule has 0 aliphatic carbocycles. The van der Waals surface area contributed by atoms with E-state index in [1.807, 2.05) is 0 Å². The normalized spacial score (nSPS) is 13.7. The molecule has 2 N–H and O–H groups in total. The lowest BCUT2D eigenvalue weighted by atomic mass is 10.4. The van der Waals surface area contributed by atoms with Crippen molar-refractivity contribution >= 4 is 16.3 Å². The summed E-state index contributed by atoms with van der Waals surface area (Å²) >= 11 is 0. The standard InChI is InChI=1S/C9H20N2O6S/c1-7(2)17-9(13)10-18(14,15)11(3)5-8(12)6-16-4/h7-8,12H,5-6H2,1-4H3,(H,10,13). The number of amides is 1. The quantitative estimate of drug-likeness (QED) is 0.641. The monoisotopic (exact) mass is 284 g/mol. The predicted molar refractivity (Wildman–Crippen MR) is 64.2 cm³/mol. The molecule has 0 aliphatic heterocycles. The maximum atomic E-state index is 11.6. The van der Waals surface area contributed by atoms with Crippen molar-refractivity contribution in [2.24, 2.45) is 0 Å². The van der Waals surface area contributed by atoms with Gasteiger partial charge < -0.3 is 14.6 Å². The summed E-state index contributed by atoms with van der Waals surface area (Å²) in [7, 11) is -1.41. The number of hydrogen-bond acceptors (Lipinski definition) is 6. The number of nitrogens with one attached hydrogen (secondary N) is 1. The Labute approximate surface area is 107 Å². The highest BCUT2D eigenvalue weighted by Gasteiger charge is 2.23. The van der Waals surface area contributed by atoms with Crippen molar-refractivity contribution in [2.45, 2.75) is 26.1 Å². The van der Waals surface area contributed by atoms with E-state index >= 15 is 0 Å². The van der Waals surface area contributed by atoms with Gasteiger partial charge in [0.2, 0.25) is 0 Å². The lowest BCUT2D eigenvalue weighted by molar-refractivity contribution is 0.0551. The maximum absolute atomic E-state index is 11.6. The highest BCUT2D eigenvalue weighted by molar-refractivity contribution is 7.87. The average molecular weight is 284 g/mol. The van der Waals surface area contributed by atoms with Gasteiger partial charge in [0.15, 0.2) is 0 Å². The van der Waals surface area contributed by atoms with Crippen molar-refractivity contribution in [3.05, 3.63) is 0 Å². The van der Waals surface area contributed by atoms with Gasteiger partial charge >= 0.3 is 16.3 Å². The first-order chi connectivity index (χ1) is 8.19. The van der Waals surface area contributed by atoms with Crippen LogP contribution in [0.5, 0.6) is 0 Å². The number of aliphatic hydroxyl groups excluding tert-OH is 1. The Morgan fingerprint density at radius 1 is 1.44 bits per heavy atom. The zero-order valence-corrected chi connectivity index (χ0v) is 11.7. The first-order valence-electron chi connectivity index (χ1n) is 5.30. The molecule has 1 amide bonds. The molecule has 0 aromatic rings. The van der Waals surface area contributed by atoms with Gasteiger partial charge in [-0.1, -0.05) is 0 Å². The molecule has 0 bridgehead atoms. The smallest absolute Gasteiger partial charge is 0.422 e. The zero-order valence-electron chi connectivity index (χ0n) is 10.9. The van der Waals surface area contributed by atoms with Crippen molar-refractivity contribution in [1.29, 1.82) is 0 Å². The van der Waals surface area contributed by atoms with E-state index in [9.17, 15) is 18.3 Å². The van der Waals surface area contributed by atoms with Crippen LogP contribution in [-0.2, 0) is 19.7 Å². The van der Waals surface area contributed by atoms with Crippen molar-refractivity contribution in [3.8, 4) is 0 Å². The average Bonchev–Trinajstić information content (AvgIpc) is 2.14. The van der Waals surface area contributed by atoms with Crippen molar-refractivity contribution < 1.29 is 27.8 Å². The molecule has 0 aromatic heterocycles. The lowest BCUT2D eigenvalue weighted by Gasteiger charge is -2.20. The molecule has 108 valence electrons. The van der Waals surface area contributed by atoms with Gasteiger partial charge in [0.05, 0.1) is 18.8 Å². The Morgan fingerprint density at radius 3 is 2.44 bits per heavy atom. The third-order valence-electron chi connectivity index (χ3n) is 1.79. The van der Waals surface area contributed by atoms with Gasteiger partial charge in [-0.3, -0.25) is 0 Å². The summed E-state index contributed by atoms with van der Waals surface area (Å²) in [6.45, 7) is 2.99. The summed E-state index contributed by atoms with van der Waals surface area (Å²) in [5.74, 6) is 0. The van der Waals surface area contributed by atoms with Crippen LogP contribution in [0.3, 0.4) is 0 Å². The molecule has 0 spiro atoms. The second-order valence-electron chi connectivity index (χ2n) is 3.95. The molecule has 0 heterocycles. The summed E-state index contributed by atoms with van der Waals surface area (Å²) in [5, 5.41) is 9.39. The van der Waals surface area contributed by atoms with Crippen LogP contribution >= 0.6 is 0 Å². The summed E-state index contributed by atoms with van der Waals surface area (Å²) in [4.78, 5) is 11.2. The van der Waals surface area contributed by atoms with Crippen molar-refractivity contribution in [3.63, 3.8) is 0 Å². The molecule has 18 heavy (non-hydrogen) atoms. The number of rotatable bonds is 7. The topological polar surface area (TPSA) is 105 Å². The van der Waals surface area contributed by atoms with E-state index in [2.05, 4.69) is 9.47 Å². The Kier molecular flexibility index (Phi) is 7.14. The van der Waals surface area contributed by atoms with E-state index in [1.54, 1.807) is 18.6 Å². The first kappa shape index (κ1) is 17.1. The van der Waals surface area contributed by atoms with Crippen LogP contribution in [0.25, 0.3) is 0 Å². The fraction of sp³-hybridized carbons (Fsp3) is 0.889. The van der Waals surface area contributed by atoms with E-state index in [4.69, 9.17) is 0 Å². The molecular formula is C9H20N2O6S. The number of carbonyl (C=O) groups is 1. The fourth-order valence-corrected chi connectivity index (χ4v) is 1.84. The maximum Gasteiger partial charge on any atom is 0.422 e. The van der Waals surface area contributed by atoms with Gasteiger partial charge in [0.25, 0.3) is 0 Å². The second kappa shape index (κ2) is 7.52. The van der Waals surface area contributed by atoms with Gasteiger partial charge in [-0.15, -0.1) is 0 Å². The number of nitrogens with zero attached hydrogens (tertiary/aromatic N) is 1. The van der Waals surface area contributed by atoms with Gasteiger partial charge in [0.1, 0.15) is 0 Å². The van der Waals surface area contributed by atoms with E-state index in [0.717, 1.165) is 4.31 Å². The van der Waals surface area contributed by atoms with Gasteiger partial charge in [0, 0.05) is 20.7 Å². The molecule has 0 aliphatic rings. The predicted octanol–water partition coefficient (Wildman–Crippen LogP) is -0.695. The zero-order chi connectivity index (χ0) is 14.3. The lowest BCUT2D eigenvalue weighted by Crippen LogP contribution is -2.45. The summed E-state index contributed by atoms with van der Waals surface area (Å²) in [6.07, 6.45) is -2.46. The van der Waals surface area contributed by atoms with Gasteiger partial charge in [-0.2, -0.15) is 12.7 Å². The van der Waals surface area contributed by atoms with Crippen LogP contribution in [0, 0.1) is 0 Å². The number of hydrogen-bond donors (Lipinski definition) is 2. The van der Waals surface area contributed by atoms with Crippen LogP contribution in [0.1, 0.15) is 13.8 Å². The summed E-state index contributed by atoms with van der Waals surface area (Å²) in [5.41, 5.74) is 0. The molecular weight excluding hydrogens is 264 g/mol. The Bertz CT molecular complexity index is 356. The molecule has 1 atom stereocenters. The number of methoxy groups -OCH3 is 1. The minimum Gasteiger partial charge on any atom is -0.446 e. The second-order valence-corrected chi connectivity index (χ2v) is 5.73. The molecule has 9 heteroatoms. The molecule has 0 radical (unpaired) electrons. The molecule has 0 fully saturated rings.